The number of hydrogen-bond donors (Lipinski definition) is 0. The lowest BCUT2D eigenvalue weighted by Crippen LogP contribution is -2.10. The van der Waals surface area contributed by atoms with E-state index in [4.69, 9.17) is 0 Å². The Morgan fingerprint density at radius 3 is 2.59 bits per heavy atom. The molecule has 0 aliphatic heterocycles. The Morgan fingerprint density at radius 2 is 2.00 bits per heavy atom. The Labute approximate surface area is 112 Å². The molecule has 0 bridgehead atoms. The largest absolute Gasteiger partial charge is 0.224 e. The molecule has 1 rings (SSSR count). The van der Waals surface area contributed by atoms with E-state index >= 15 is 0 Å². The SMILES string of the molecule is Cc1cccc(S(=O)(=O)CCC(C)CCBr)c1. The summed E-state index contributed by atoms with van der Waals surface area (Å²) in [4.78, 5) is 0.448. The summed E-state index contributed by atoms with van der Waals surface area (Å²) in [5, 5.41) is 0.929. The van der Waals surface area contributed by atoms with Crippen molar-refractivity contribution in [2.45, 2.75) is 31.6 Å². The monoisotopic (exact) mass is 318 g/mol. The second-order valence-corrected chi connectivity index (χ2v) is 7.41. The van der Waals surface area contributed by atoms with Crippen molar-refractivity contribution in [3.05, 3.63) is 29.8 Å². The van der Waals surface area contributed by atoms with Crippen molar-refractivity contribution in [2.24, 2.45) is 5.92 Å². The Bertz CT molecular complexity index is 454. The molecule has 1 aromatic carbocycles. The van der Waals surface area contributed by atoms with Crippen LogP contribution in [-0.4, -0.2) is 19.5 Å². The van der Waals surface area contributed by atoms with Crippen LogP contribution in [-0.2, 0) is 9.84 Å². The van der Waals surface area contributed by atoms with Crippen molar-refractivity contribution in [3.63, 3.8) is 0 Å². The average molecular weight is 319 g/mol. The van der Waals surface area contributed by atoms with E-state index in [2.05, 4.69) is 22.9 Å². The number of alkyl halides is 1. The molecule has 1 unspecified atom stereocenters. The first-order valence-electron chi connectivity index (χ1n) is 5.81. The molecule has 96 valence electrons. The first kappa shape index (κ1) is 14.7. The molecule has 0 spiro atoms. The molecule has 0 radical (unpaired) electrons. The predicted molar refractivity (Wildman–Crippen MR) is 75.4 cm³/mol. The van der Waals surface area contributed by atoms with Crippen LogP contribution in [0.1, 0.15) is 25.3 Å². The van der Waals surface area contributed by atoms with Crippen molar-refractivity contribution in [3.8, 4) is 0 Å². The molecule has 1 aromatic rings. The smallest absolute Gasteiger partial charge is 0.178 e. The van der Waals surface area contributed by atoms with Crippen molar-refractivity contribution < 1.29 is 8.42 Å². The molecular weight excluding hydrogens is 300 g/mol. The molecule has 0 heterocycles. The highest BCUT2D eigenvalue weighted by Crippen LogP contribution is 2.17. The van der Waals surface area contributed by atoms with E-state index in [1.54, 1.807) is 18.2 Å². The van der Waals surface area contributed by atoms with Crippen molar-refractivity contribution in [1.82, 2.24) is 0 Å². The Hall–Kier alpha value is -0.350. The number of benzene rings is 1. The number of aryl methyl sites for hydroxylation is 1. The Balaban J connectivity index is 2.69. The maximum absolute atomic E-state index is 12.1. The Morgan fingerprint density at radius 1 is 1.29 bits per heavy atom. The fourth-order valence-electron chi connectivity index (χ4n) is 1.61. The first-order chi connectivity index (χ1) is 7.95. The van der Waals surface area contributed by atoms with Crippen LogP contribution in [0.5, 0.6) is 0 Å². The lowest BCUT2D eigenvalue weighted by Gasteiger charge is -2.10. The van der Waals surface area contributed by atoms with Crippen LogP contribution in [0.4, 0.5) is 0 Å². The van der Waals surface area contributed by atoms with Crippen LogP contribution < -0.4 is 0 Å². The normalized spacial score (nSPS) is 13.6. The number of hydrogen-bond acceptors (Lipinski definition) is 2. The van der Waals surface area contributed by atoms with Gasteiger partial charge in [0.15, 0.2) is 9.84 Å². The van der Waals surface area contributed by atoms with Gasteiger partial charge in [0.05, 0.1) is 10.6 Å². The summed E-state index contributed by atoms with van der Waals surface area (Å²) < 4.78 is 24.2. The molecular formula is C13H19BrO2S. The van der Waals surface area contributed by atoms with Gasteiger partial charge < -0.3 is 0 Å². The molecule has 4 heteroatoms. The van der Waals surface area contributed by atoms with Gasteiger partial charge in [-0.3, -0.25) is 0 Å². The quantitative estimate of drug-likeness (QED) is 0.751. The third kappa shape index (κ3) is 4.80. The topological polar surface area (TPSA) is 34.1 Å². The van der Waals surface area contributed by atoms with Gasteiger partial charge in [0.25, 0.3) is 0 Å². The fraction of sp³-hybridized carbons (Fsp3) is 0.538. The van der Waals surface area contributed by atoms with Gasteiger partial charge in [-0.05, 0) is 43.4 Å². The van der Waals surface area contributed by atoms with Gasteiger partial charge in [0.1, 0.15) is 0 Å². The van der Waals surface area contributed by atoms with E-state index in [9.17, 15) is 8.42 Å². The average Bonchev–Trinajstić information content (AvgIpc) is 2.27. The van der Waals surface area contributed by atoms with Crippen molar-refractivity contribution in [1.29, 1.82) is 0 Å². The number of rotatable bonds is 6. The molecule has 0 fully saturated rings. The highest BCUT2D eigenvalue weighted by molar-refractivity contribution is 9.09. The van der Waals surface area contributed by atoms with E-state index in [0.717, 1.165) is 23.7 Å². The molecule has 0 N–H and O–H groups in total. The molecule has 0 aliphatic carbocycles. The zero-order valence-electron chi connectivity index (χ0n) is 10.3. The third-order valence-electron chi connectivity index (χ3n) is 2.83. The molecule has 1 atom stereocenters. The summed E-state index contributed by atoms with van der Waals surface area (Å²) in [5.74, 6) is 0.680. The molecule has 2 nitrogen and oxygen atoms in total. The minimum Gasteiger partial charge on any atom is -0.224 e. The summed E-state index contributed by atoms with van der Waals surface area (Å²) in [5.41, 5.74) is 0.986. The molecule has 0 aliphatic rings. The number of sulfone groups is 1. The molecule has 0 saturated carbocycles. The second-order valence-electron chi connectivity index (χ2n) is 4.51. The lowest BCUT2D eigenvalue weighted by atomic mass is 10.1. The minimum absolute atomic E-state index is 0.241. The lowest BCUT2D eigenvalue weighted by molar-refractivity contribution is 0.536. The van der Waals surface area contributed by atoms with E-state index in [0.29, 0.717) is 10.8 Å². The molecule has 0 amide bonds. The number of halogens is 1. The maximum Gasteiger partial charge on any atom is 0.178 e. The molecule has 17 heavy (non-hydrogen) atoms. The van der Waals surface area contributed by atoms with Crippen LogP contribution in [0, 0.1) is 12.8 Å². The van der Waals surface area contributed by atoms with Gasteiger partial charge in [-0.2, -0.15) is 0 Å². The van der Waals surface area contributed by atoms with E-state index in [1.165, 1.54) is 0 Å². The minimum atomic E-state index is -3.11. The summed E-state index contributed by atoms with van der Waals surface area (Å²) in [6.45, 7) is 4.00. The maximum atomic E-state index is 12.1. The standard InChI is InChI=1S/C13H19BrO2S/c1-11(6-8-14)7-9-17(15,16)13-5-3-4-12(2)10-13/h3-5,10-11H,6-9H2,1-2H3. The van der Waals surface area contributed by atoms with Gasteiger partial charge in [-0.25, -0.2) is 8.42 Å². The zero-order chi connectivity index (χ0) is 12.9. The van der Waals surface area contributed by atoms with E-state index < -0.39 is 9.84 Å². The van der Waals surface area contributed by atoms with Crippen LogP contribution in [0.2, 0.25) is 0 Å². The Kier molecular flexibility index (Phi) is 5.67. The molecule has 0 saturated heterocycles. The summed E-state index contributed by atoms with van der Waals surface area (Å²) >= 11 is 3.38. The van der Waals surface area contributed by atoms with E-state index in [1.807, 2.05) is 13.0 Å². The van der Waals surface area contributed by atoms with Crippen molar-refractivity contribution >= 4 is 25.8 Å². The van der Waals surface area contributed by atoms with Gasteiger partial charge in [-0.15, -0.1) is 0 Å². The van der Waals surface area contributed by atoms with Crippen LogP contribution in [0.15, 0.2) is 29.2 Å². The first-order valence-corrected chi connectivity index (χ1v) is 8.58. The second kappa shape index (κ2) is 6.55. The zero-order valence-corrected chi connectivity index (χ0v) is 12.7. The summed E-state index contributed by atoms with van der Waals surface area (Å²) in [7, 11) is -3.11. The highest BCUT2D eigenvalue weighted by atomic mass is 79.9. The fourth-order valence-corrected chi connectivity index (χ4v) is 3.99. The van der Waals surface area contributed by atoms with Gasteiger partial charge >= 0.3 is 0 Å². The van der Waals surface area contributed by atoms with Crippen LogP contribution in [0.25, 0.3) is 0 Å². The van der Waals surface area contributed by atoms with E-state index in [-0.39, 0.29) is 5.75 Å². The van der Waals surface area contributed by atoms with Crippen LogP contribution in [0.3, 0.4) is 0 Å². The summed E-state index contributed by atoms with van der Waals surface area (Å²) in [6.07, 6.45) is 1.74. The van der Waals surface area contributed by atoms with Gasteiger partial charge in [-0.1, -0.05) is 35.0 Å². The van der Waals surface area contributed by atoms with Gasteiger partial charge in [0, 0.05) is 5.33 Å². The van der Waals surface area contributed by atoms with Crippen molar-refractivity contribution in [2.75, 3.05) is 11.1 Å². The summed E-state index contributed by atoms with van der Waals surface area (Å²) in [6, 6.07) is 7.12. The van der Waals surface area contributed by atoms with Crippen LogP contribution >= 0.6 is 15.9 Å². The van der Waals surface area contributed by atoms with Gasteiger partial charge in [0.2, 0.25) is 0 Å². The molecule has 0 aromatic heterocycles. The predicted octanol–water partition coefficient (Wildman–Crippen LogP) is 3.58. The third-order valence-corrected chi connectivity index (χ3v) is 5.03. The highest BCUT2D eigenvalue weighted by Gasteiger charge is 2.15.